The van der Waals surface area contributed by atoms with Gasteiger partial charge >= 0.3 is 0 Å². The van der Waals surface area contributed by atoms with E-state index in [0.29, 0.717) is 35.3 Å². The monoisotopic (exact) mass is 397 g/mol. The van der Waals surface area contributed by atoms with Crippen molar-refractivity contribution in [3.8, 4) is 0 Å². The van der Waals surface area contributed by atoms with E-state index in [1.165, 1.54) is 11.8 Å². The van der Waals surface area contributed by atoms with E-state index in [2.05, 4.69) is 31.0 Å². The van der Waals surface area contributed by atoms with Gasteiger partial charge in [-0.2, -0.15) is 0 Å². The number of unbranched alkanes of at least 4 members (excludes halogenated alkanes) is 1. The largest absolute Gasteiger partial charge is 0.366 e. The van der Waals surface area contributed by atoms with E-state index in [9.17, 15) is 14.4 Å². The first kappa shape index (κ1) is 21.1. The Morgan fingerprint density at radius 1 is 1.07 bits per heavy atom. The smallest absolute Gasteiger partial charge is 0.277 e. The third-order valence-electron chi connectivity index (χ3n) is 5.56. The summed E-state index contributed by atoms with van der Waals surface area (Å²) in [7, 11) is 0. The molecule has 2 aliphatic rings. The average Bonchev–Trinajstić information content (AvgIpc) is 2.89. The lowest BCUT2D eigenvalue weighted by Gasteiger charge is -2.37. The number of carbonyl (C=O) groups is 3. The zero-order chi connectivity index (χ0) is 21.1. The molecule has 0 radical (unpaired) electrons. The zero-order valence-electron chi connectivity index (χ0n) is 17.8. The van der Waals surface area contributed by atoms with Crippen LogP contribution in [0, 0.1) is 11.8 Å². The van der Waals surface area contributed by atoms with Gasteiger partial charge in [-0.1, -0.05) is 39.3 Å². The van der Waals surface area contributed by atoms with Crippen molar-refractivity contribution in [2.75, 3.05) is 25.0 Å². The van der Waals surface area contributed by atoms with E-state index >= 15 is 0 Å². The number of anilines is 1. The standard InChI is InChI=1S/C23H31N3O3/c1-5-6-11-26-22(28)20(18-7-9-19(10-8-18)24-17(4)27)21(23(26)29)25-13-15(2)12-16(3)14-25/h7-10,15-16H,5-6,11-14H2,1-4H3,(H,24,27). The van der Waals surface area contributed by atoms with Gasteiger partial charge in [0.05, 0.1) is 5.57 Å². The van der Waals surface area contributed by atoms with Gasteiger partial charge in [0.25, 0.3) is 11.8 Å². The van der Waals surface area contributed by atoms with Gasteiger partial charge in [0, 0.05) is 32.2 Å². The van der Waals surface area contributed by atoms with Crippen molar-refractivity contribution in [1.29, 1.82) is 0 Å². The van der Waals surface area contributed by atoms with Crippen LogP contribution in [0.4, 0.5) is 5.69 Å². The Hall–Kier alpha value is -2.63. The number of imide groups is 1. The van der Waals surface area contributed by atoms with Gasteiger partial charge < -0.3 is 10.2 Å². The number of carbonyl (C=O) groups excluding carboxylic acids is 3. The SMILES string of the molecule is CCCCN1C(=O)C(c2ccc(NC(C)=O)cc2)=C(N2CC(C)CC(C)C2)C1=O. The molecule has 2 aliphatic heterocycles. The summed E-state index contributed by atoms with van der Waals surface area (Å²) in [5, 5.41) is 2.74. The molecule has 1 N–H and O–H groups in total. The van der Waals surface area contributed by atoms with Gasteiger partial charge in [-0.25, -0.2) is 0 Å². The Morgan fingerprint density at radius 2 is 1.69 bits per heavy atom. The van der Waals surface area contributed by atoms with E-state index in [1.807, 2.05) is 12.1 Å². The summed E-state index contributed by atoms with van der Waals surface area (Å²) >= 11 is 0. The number of hydrogen-bond donors (Lipinski definition) is 1. The summed E-state index contributed by atoms with van der Waals surface area (Å²) in [4.78, 5) is 41.3. The average molecular weight is 398 g/mol. The second kappa shape index (κ2) is 8.80. The third kappa shape index (κ3) is 4.52. The number of benzene rings is 1. The van der Waals surface area contributed by atoms with Crippen molar-refractivity contribution in [2.24, 2.45) is 11.8 Å². The van der Waals surface area contributed by atoms with Crippen LogP contribution < -0.4 is 5.32 Å². The van der Waals surface area contributed by atoms with Crippen molar-refractivity contribution in [1.82, 2.24) is 9.80 Å². The van der Waals surface area contributed by atoms with Crippen LogP contribution >= 0.6 is 0 Å². The fourth-order valence-corrected chi connectivity index (χ4v) is 4.41. The lowest BCUT2D eigenvalue weighted by Crippen LogP contribution is -2.42. The minimum atomic E-state index is -0.211. The first-order valence-corrected chi connectivity index (χ1v) is 10.5. The van der Waals surface area contributed by atoms with Gasteiger partial charge in [0.1, 0.15) is 5.70 Å². The van der Waals surface area contributed by atoms with Crippen LogP contribution in [-0.2, 0) is 14.4 Å². The fourth-order valence-electron chi connectivity index (χ4n) is 4.41. The minimum Gasteiger partial charge on any atom is -0.366 e. The number of nitrogens with zero attached hydrogens (tertiary/aromatic N) is 2. The Kier molecular flexibility index (Phi) is 6.40. The highest BCUT2D eigenvalue weighted by atomic mass is 16.2. The highest BCUT2D eigenvalue weighted by molar-refractivity contribution is 6.35. The molecule has 156 valence electrons. The lowest BCUT2D eigenvalue weighted by molar-refractivity contribution is -0.137. The summed E-state index contributed by atoms with van der Waals surface area (Å²) in [6.45, 7) is 9.92. The minimum absolute atomic E-state index is 0.146. The van der Waals surface area contributed by atoms with Gasteiger partial charge in [-0.3, -0.25) is 19.3 Å². The summed E-state index contributed by atoms with van der Waals surface area (Å²) in [5.74, 6) is 0.415. The lowest BCUT2D eigenvalue weighted by atomic mass is 9.91. The van der Waals surface area contributed by atoms with Crippen LogP contribution in [-0.4, -0.2) is 47.2 Å². The van der Waals surface area contributed by atoms with Crippen LogP contribution in [0.5, 0.6) is 0 Å². The van der Waals surface area contributed by atoms with Gasteiger partial charge in [0.2, 0.25) is 5.91 Å². The van der Waals surface area contributed by atoms with Crippen molar-refractivity contribution >= 4 is 29.0 Å². The Bertz CT molecular complexity index is 818. The number of rotatable bonds is 6. The fraction of sp³-hybridized carbons (Fsp3) is 0.522. The summed E-state index contributed by atoms with van der Waals surface area (Å²) in [5.41, 5.74) is 2.42. The van der Waals surface area contributed by atoms with Crippen molar-refractivity contribution in [3.05, 3.63) is 35.5 Å². The van der Waals surface area contributed by atoms with E-state index < -0.39 is 0 Å². The van der Waals surface area contributed by atoms with E-state index in [4.69, 9.17) is 0 Å². The van der Waals surface area contributed by atoms with Crippen LogP contribution in [0.15, 0.2) is 30.0 Å². The number of piperidine rings is 1. The van der Waals surface area contributed by atoms with Gasteiger partial charge in [0.15, 0.2) is 0 Å². The highest BCUT2D eigenvalue weighted by Crippen LogP contribution is 2.35. The maximum atomic E-state index is 13.3. The maximum Gasteiger partial charge on any atom is 0.277 e. The second-order valence-electron chi connectivity index (χ2n) is 8.45. The van der Waals surface area contributed by atoms with E-state index in [1.54, 1.807) is 12.1 Å². The van der Waals surface area contributed by atoms with Crippen molar-refractivity contribution in [2.45, 2.75) is 47.0 Å². The number of hydrogen-bond acceptors (Lipinski definition) is 4. The molecule has 0 aromatic heterocycles. The maximum absolute atomic E-state index is 13.3. The summed E-state index contributed by atoms with van der Waals surface area (Å²) < 4.78 is 0. The van der Waals surface area contributed by atoms with E-state index in [0.717, 1.165) is 37.9 Å². The number of nitrogens with one attached hydrogen (secondary N) is 1. The zero-order valence-corrected chi connectivity index (χ0v) is 17.8. The second-order valence-corrected chi connectivity index (χ2v) is 8.45. The molecule has 2 atom stereocenters. The molecular weight excluding hydrogens is 366 g/mol. The molecule has 0 bridgehead atoms. The number of amides is 3. The molecule has 1 aromatic carbocycles. The topological polar surface area (TPSA) is 69.7 Å². The Labute approximate surface area is 172 Å². The quantitative estimate of drug-likeness (QED) is 0.746. The summed E-state index contributed by atoms with van der Waals surface area (Å²) in [6.07, 6.45) is 2.85. The van der Waals surface area contributed by atoms with Gasteiger partial charge in [-0.05, 0) is 42.4 Å². The molecule has 1 aromatic rings. The van der Waals surface area contributed by atoms with Crippen molar-refractivity contribution < 1.29 is 14.4 Å². The molecule has 6 nitrogen and oxygen atoms in total. The summed E-state index contributed by atoms with van der Waals surface area (Å²) in [6, 6.07) is 7.17. The van der Waals surface area contributed by atoms with E-state index in [-0.39, 0.29) is 17.7 Å². The van der Waals surface area contributed by atoms with Crippen LogP contribution in [0.1, 0.15) is 52.5 Å². The molecule has 1 saturated heterocycles. The molecule has 3 rings (SSSR count). The Balaban J connectivity index is 2.01. The first-order chi connectivity index (χ1) is 13.8. The third-order valence-corrected chi connectivity index (χ3v) is 5.56. The van der Waals surface area contributed by atoms with Crippen LogP contribution in [0.25, 0.3) is 5.57 Å². The predicted octanol–water partition coefficient (Wildman–Crippen LogP) is 3.50. The first-order valence-electron chi connectivity index (χ1n) is 10.5. The molecule has 0 aliphatic carbocycles. The molecule has 29 heavy (non-hydrogen) atoms. The predicted molar refractivity (Wildman–Crippen MR) is 114 cm³/mol. The highest BCUT2D eigenvalue weighted by Gasteiger charge is 2.42. The number of likely N-dealkylation sites (tertiary alicyclic amines) is 1. The molecule has 0 spiro atoms. The van der Waals surface area contributed by atoms with Crippen LogP contribution in [0.2, 0.25) is 0 Å². The molecule has 3 amide bonds. The molecule has 6 heteroatoms. The van der Waals surface area contributed by atoms with Crippen molar-refractivity contribution in [3.63, 3.8) is 0 Å². The molecular formula is C23H31N3O3. The van der Waals surface area contributed by atoms with Crippen LogP contribution in [0.3, 0.4) is 0 Å². The molecule has 1 fully saturated rings. The normalized spacial score (nSPS) is 22.5. The van der Waals surface area contributed by atoms with Gasteiger partial charge in [-0.15, -0.1) is 0 Å². The Morgan fingerprint density at radius 3 is 2.24 bits per heavy atom. The molecule has 2 heterocycles. The molecule has 0 saturated carbocycles. The molecule has 2 unspecified atom stereocenters.